The number of imide groups is 1. The van der Waals surface area contributed by atoms with Crippen LogP contribution in [0.5, 0.6) is 17.2 Å². The summed E-state index contributed by atoms with van der Waals surface area (Å²) in [5, 5.41) is -0.313. The fraction of sp³-hybridized carbons (Fsp3) is 0.250. The van der Waals surface area contributed by atoms with Crippen LogP contribution in [0, 0.1) is 13.8 Å². The van der Waals surface area contributed by atoms with Crippen molar-refractivity contribution in [2.75, 3.05) is 19.8 Å². The van der Waals surface area contributed by atoms with E-state index in [2.05, 4.69) is 22.5 Å². The quantitative estimate of drug-likeness (QED) is 0.151. The molecule has 1 heterocycles. The van der Waals surface area contributed by atoms with E-state index in [-0.39, 0.29) is 24.3 Å². The molecule has 40 heavy (non-hydrogen) atoms. The number of rotatable bonds is 12. The van der Waals surface area contributed by atoms with Crippen molar-refractivity contribution in [2.45, 2.75) is 33.8 Å². The topological polar surface area (TPSA) is 65.1 Å². The number of amides is 2. The number of hydrogen-bond donors (Lipinski definition) is 0. The maximum atomic E-state index is 13.1. The number of hydrogen-bond acceptors (Lipinski definition) is 6. The first-order valence-electron chi connectivity index (χ1n) is 13.0. The Morgan fingerprint density at radius 3 is 2.48 bits per heavy atom. The van der Waals surface area contributed by atoms with Gasteiger partial charge in [0.05, 0.1) is 18.1 Å². The largest absolute Gasteiger partial charge is 0.491 e. The van der Waals surface area contributed by atoms with E-state index in [0.29, 0.717) is 36.0 Å². The van der Waals surface area contributed by atoms with E-state index in [1.807, 2.05) is 75.4 Å². The lowest BCUT2D eigenvalue weighted by Gasteiger charge is -2.17. The third-order valence-electron chi connectivity index (χ3n) is 6.20. The van der Waals surface area contributed by atoms with Crippen LogP contribution in [0.25, 0.3) is 6.08 Å². The molecule has 3 aromatic rings. The highest BCUT2D eigenvalue weighted by Crippen LogP contribution is 2.38. The number of benzene rings is 3. The monoisotopic (exact) mass is 621 g/mol. The Morgan fingerprint density at radius 1 is 0.975 bits per heavy atom. The normalized spacial score (nSPS) is 14.1. The summed E-state index contributed by atoms with van der Waals surface area (Å²) in [6.07, 6.45) is 4.07. The van der Waals surface area contributed by atoms with E-state index in [1.165, 1.54) is 4.90 Å². The molecular weight excluding hydrogens is 590 g/mol. The summed E-state index contributed by atoms with van der Waals surface area (Å²) in [6, 6.07) is 17.7. The van der Waals surface area contributed by atoms with Crippen LogP contribution in [-0.4, -0.2) is 35.8 Å². The molecule has 0 spiro atoms. The fourth-order valence-electron chi connectivity index (χ4n) is 4.19. The number of carbonyl (C=O) groups is 2. The van der Waals surface area contributed by atoms with Gasteiger partial charge in [-0.25, -0.2) is 0 Å². The van der Waals surface area contributed by atoms with Gasteiger partial charge in [0.25, 0.3) is 11.1 Å². The van der Waals surface area contributed by atoms with Crippen molar-refractivity contribution in [3.8, 4) is 17.2 Å². The standard InChI is InChI=1S/C32H32BrNO5S/c1-5-7-25-17-24(18-28(37-6-2)30(25)39-20-23-10-12-26(33)13-11-23)19-29-31(35)34(32(36)40-29)14-15-38-27-16-21(3)8-9-22(27)4/h5,8-13,16-19H,1,6-7,14-15,20H2,2-4H3/b29-19-. The van der Waals surface area contributed by atoms with Gasteiger partial charge in [0.1, 0.15) is 19.0 Å². The molecule has 1 saturated heterocycles. The zero-order valence-corrected chi connectivity index (χ0v) is 25.3. The summed E-state index contributed by atoms with van der Waals surface area (Å²) in [7, 11) is 0. The predicted octanol–water partition coefficient (Wildman–Crippen LogP) is 7.89. The molecule has 0 radical (unpaired) electrons. The van der Waals surface area contributed by atoms with Crippen LogP contribution in [0.1, 0.15) is 34.7 Å². The molecule has 0 aromatic heterocycles. The smallest absolute Gasteiger partial charge is 0.293 e. The summed E-state index contributed by atoms with van der Waals surface area (Å²) in [4.78, 5) is 27.4. The van der Waals surface area contributed by atoms with Crippen LogP contribution in [-0.2, 0) is 17.8 Å². The molecule has 0 saturated carbocycles. The van der Waals surface area contributed by atoms with Crippen molar-refractivity contribution in [3.05, 3.63) is 104 Å². The molecule has 6 nitrogen and oxygen atoms in total. The Balaban J connectivity index is 1.52. The fourth-order valence-corrected chi connectivity index (χ4v) is 5.32. The van der Waals surface area contributed by atoms with Crippen molar-refractivity contribution in [3.63, 3.8) is 0 Å². The van der Waals surface area contributed by atoms with Gasteiger partial charge in [0, 0.05) is 10.0 Å². The maximum absolute atomic E-state index is 13.1. The summed E-state index contributed by atoms with van der Waals surface area (Å²) in [6.45, 7) is 11.0. The van der Waals surface area contributed by atoms with Gasteiger partial charge in [0.2, 0.25) is 0 Å². The van der Waals surface area contributed by atoms with E-state index >= 15 is 0 Å². The molecule has 3 aromatic carbocycles. The van der Waals surface area contributed by atoms with Gasteiger partial charge >= 0.3 is 0 Å². The van der Waals surface area contributed by atoms with Crippen molar-refractivity contribution >= 4 is 44.9 Å². The van der Waals surface area contributed by atoms with Crippen LogP contribution in [0.3, 0.4) is 0 Å². The van der Waals surface area contributed by atoms with Gasteiger partial charge in [-0.1, -0.05) is 46.3 Å². The van der Waals surface area contributed by atoms with Crippen molar-refractivity contribution in [2.24, 2.45) is 0 Å². The Morgan fingerprint density at radius 2 is 1.75 bits per heavy atom. The lowest BCUT2D eigenvalue weighted by molar-refractivity contribution is -0.123. The van der Waals surface area contributed by atoms with E-state index in [9.17, 15) is 9.59 Å². The Kier molecular flexibility index (Phi) is 10.1. The van der Waals surface area contributed by atoms with Gasteiger partial charge < -0.3 is 14.2 Å². The molecule has 0 N–H and O–H groups in total. The van der Waals surface area contributed by atoms with E-state index in [4.69, 9.17) is 14.2 Å². The van der Waals surface area contributed by atoms with Crippen molar-refractivity contribution < 1.29 is 23.8 Å². The zero-order chi connectivity index (χ0) is 28.6. The summed E-state index contributed by atoms with van der Waals surface area (Å²) < 4.78 is 19.0. The van der Waals surface area contributed by atoms with Crippen LogP contribution in [0.4, 0.5) is 4.79 Å². The summed E-state index contributed by atoms with van der Waals surface area (Å²) >= 11 is 4.38. The third kappa shape index (κ3) is 7.37. The second-order valence-corrected chi connectivity index (χ2v) is 11.2. The van der Waals surface area contributed by atoms with Crippen LogP contribution in [0.2, 0.25) is 0 Å². The minimum Gasteiger partial charge on any atom is -0.491 e. The molecule has 208 valence electrons. The lowest BCUT2D eigenvalue weighted by Crippen LogP contribution is -2.32. The SMILES string of the molecule is C=CCc1cc(/C=C2\SC(=O)N(CCOc3cc(C)ccc3C)C2=O)cc(OCC)c1OCc1ccc(Br)cc1. The van der Waals surface area contributed by atoms with Gasteiger partial charge in [-0.15, -0.1) is 6.58 Å². The average Bonchev–Trinajstić information content (AvgIpc) is 3.18. The number of aryl methyl sites for hydroxylation is 2. The summed E-state index contributed by atoms with van der Waals surface area (Å²) in [5.74, 6) is 1.63. The highest BCUT2D eigenvalue weighted by Gasteiger charge is 2.35. The molecular formula is C32H32BrNO5S. The van der Waals surface area contributed by atoms with Crippen LogP contribution >= 0.6 is 27.7 Å². The molecule has 0 unspecified atom stereocenters. The minimum atomic E-state index is -0.335. The first-order chi connectivity index (χ1) is 19.3. The second kappa shape index (κ2) is 13.7. The molecule has 1 fully saturated rings. The number of carbonyl (C=O) groups excluding carboxylic acids is 2. The molecule has 0 atom stereocenters. The number of halogens is 1. The van der Waals surface area contributed by atoms with Crippen LogP contribution in [0.15, 0.2) is 76.6 Å². The van der Waals surface area contributed by atoms with Gasteiger partial charge in [-0.05, 0) is 97.6 Å². The summed E-state index contributed by atoms with van der Waals surface area (Å²) in [5.41, 5.74) is 4.74. The number of allylic oxidation sites excluding steroid dienone is 1. The molecule has 2 amide bonds. The highest BCUT2D eigenvalue weighted by atomic mass is 79.9. The average molecular weight is 623 g/mol. The van der Waals surface area contributed by atoms with Gasteiger partial charge in [-0.3, -0.25) is 14.5 Å². The Bertz CT molecular complexity index is 1430. The first kappa shape index (κ1) is 29.5. The van der Waals surface area contributed by atoms with E-state index in [1.54, 1.807) is 12.2 Å². The second-order valence-electron chi connectivity index (χ2n) is 9.30. The van der Waals surface area contributed by atoms with Crippen LogP contribution < -0.4 is 14.2 Å². The number of ether oxygens (including phenoxy) is 3. The zero-order valence-electron chi connectivity index (χ0n) is 22.9. The number of nitrogens with zero attached hydrogens (tertiary/aromatic N) is 1. The van der Waals surface area contributed by atoms with E-state index in [0.717, 1.165) is 49.8 Å². The molecule has 4 rings (SSSR count). The molecule has 8 heteroatoms. The highest BCUT2D eigenvalue weighted by molar-refractivity contribution is 9.10. The molecule has 1 aliphatic heterocycles. The van der Waals surface area contributed by atoms with Crippen molar-refractivity contribution in [1.29, 1.82) is 0 Å². The molecule has 0 aliphatic carbocycles. The predicted molar refractivity (Wildman–Crippen MR) is 164 cm³/mol. The Labute approximate surface area is 248 Å². The lowest BCUT2D eigenvalue weighted by atomic mass is 10.0. The number of thioether (sulfide) groups is 1. The van der Waals surface area contributed by atoms with Crippen molar-refractivity contribution in [1.82, 2.24) is 4.90 Å². The van der Waals surface area contributed by atoms with E-state index < -0.39 is 0 Å². The third-order valence-corrected chi connectivity index (χ3v) is 7.64. The van der Waals surface area contributed by atoms with Gasteiger partial charge in [-0.2, -0.15) is 0 Å². The van der Waals surface area contributed by atoms with Gasteiger partial charge in [0.15, 0.2) is 11.5 Å². The molecule has 0 bridgehead atoms. The first-order valence-corrected chi connectivity index (χ1v) is 14.6. The minimum absolute atomic E-state index is 0.171. The Hall–Kier alpha value is -3.49. The maximum Gasteiger partial charge on any atom is 0.293 e. The molecule has 1 aliphatic rings.